The fourth-order valence-corrected chi connectivity index (χ4v) is 9.51. The van der Waals surface area contributed by atoms with E-state index < -0.39 is 0 Å². The van der Waals surface area contributed by atoms with Gasteiger partial charge in [-0.15, -0.1) is 0 Å². The van der Waals surface area contributed by atoms with E-state index in [0.29, 0.717) is 17.4 Å². The molecule has 5 fully saturated rings. The number of nitrogens with zero attached hydrogens (tertiary/aromatic N) is 1. The van der Waals surface area contributed by atoms with Gasteiger partial charge in [-0.3, -0.25) is 4.90 Å². The van der Waals surface area contributed by atoms with Gasteiger partial charge in [0.05, 0.1) is 12.2 Å². The van der Waals surface area contributed by atoms with Gasteiger partial charge in [-0.2, -0.15) is 0 Å². The first-order valence-electron chi connectivity index (χ1n) is 12.8. The van der Waals surface area contributed by atoms with E-state index in [4.69, 9.17) is 0 Å². The van der Waals surface area contributed by atoms with E-state index in [1.807, 2.05) is 0 Å². The Morgan fingerprint density at radius 1 is 0.931 bits per heavy atom. The first-order valence-corrected chi connectivity index (χ1v) is 12.8. The van der Waals surface area contributed by atoms with Gasteiger partial charge in [-0.25, -0.2) is 0 Å². The number of allylic oxidation sites excluding steroid dienone is 1. The zero-order valence-electron chi connectivity index (χ0n) is 18.5. The van der Waals surface area contributed by atoms with Gasteiger partial charge < -0.3 is 10.2 Å². The molecular weight excluding hydrogens is 358 g/mol. The Morgan fingerprint density at radius 3 is 2.62 bits per heavy atom. The van der Waals surface area contributed by atoms with Crippen LogP contribution >= 0.6 is 0 Å². The molecule has 29 heavy (non-hydrogen) atoms. The molecule has 6 aliphatic rings. The highest BCUT2D eigenvalue weighted by molar-refractivity contribution is 5.25. The fraction of sp³-hybridized carbons (Fsp3) is 0.923. The van der Waals surface area contributed by atoms with Crippen molar-refractivity contribution in [2.24, 2.45) is 46.8 Å². The van der Waals surface area contributed by atoms with Gasteiger partial charge in [-0.1, -0.05) is 25.5 Å². The lowest BCUT2D eigenvalue weighted by atomic mass is 9.56. The third kappa shape index (κ3) is 2.79. The van der Waals surface area contributed by atoms with E-state index in [1.165, 1.54) is 58.0 Å². The first kappa shape index (κ1) is 19.3. The SMILES string of the molecule is C[C@H]1CC[C@H]2[C@@H](O)[C@H]3CC[C@H]4[C@H](C[C@@H]5[C@@H]4CC=C4C[C@@H](O)CC[C@@]45C)[C@H]3CN2C1. The van der Waals surface area contributed by atoms with Crippen LogP contribution in [-0.4, -0.2) is 46.5 Å². The molecule has 3 nitrogen and oxygen atoms in total. The number of hydrogen-bond acceptors (Lipinski definition) is 3. The lowest BCUT2D eigenvalue weighted by Gasteiger charge is -2.55. The van der Waals surface area contributed by atoms with Crippen LogP contribution in [0, 0.1) is 46.8 Å². The molecule has 3 heteroatoms. The highest BCUT2D eigenvalue weighted by Crippen LogP contribution is 2.65. The quantitative estimate of drug-likeness (QED) is 0.599. The van der Waals surface area contributed by atoms with E-state index in [-0.39, 0.29) is 12.2 Å². The van der Waals surface area contributed by atoms with E-state index in [9.17, 15) is 10.2 Å². The Kier molecular flexibility index (Phi) is 4.53. The number of fused-ring (bicyclic) bond motifs is 8. The number of aliphatic hydroxyl groups excluding tert-OH is 2. The molecule has 2 N–H and O–H groups in total. The Hall–Kier alpha value is -0.380. The summed E-state index contributed by atoms with van der Waals surface area (Å²) in [6.45, 7) is 7.39. The average Bonchev–Trinajstić information content (AvgIpc) is 3.09. The molecule has 0 unspecified atom stereocenters. The lowest BCUT2D eigenvalue weighted by molar-refractivity contribution is -0.118. The molecule has 3 saturated carbocycles. The molecule has 2 aliphatic heterocycles. The average molecular weight is 400 g/mol. The monoisotopic (exact) mass is 399 g/mol. The molecule has 4 aliphatic carbocycles. The van der Waals surface area contributed by atoms with Crippen molar-refractivity contribution in [3.05, 3.63) is 11.6 Å². The number of piperidine rings is 2. The highest BCUT2D eigenvalue weighted by Gasteiger charge is 2.59. The van der Waals surface area contributed by atoms with Gasteiger partial charge in [0, 0.05) is 19.1 Å². The van der Waals surface area contributed by atoms with Gasteiger partial charge in [0.2, 0.25) is 0 Å². The number of rotatable bonds is 0. The van der Waals surface area contributed by atoms with E-state index in [2.05, 4.69) is 24.8 Å². The number of hydrogen-bond donors (Lipinski definition) is 2. The molecule has 0 radical (unpaired) electrons. The molecule has 11 atom stereocenters. The Morgan fingerprint density at radius 2 is 1.76 bits per heavy atom. The standard InChI is InChI=1S/C26H41NO2/c1-15-3-8-24-25(29)20-7-6-18-19-5-4-16-11-17(28)9-10-26(16,2)23(19)12-21(18)22(20)14-27(24)13-15/h4,15,17-25,28-29H,3,5-14H2,1-2H3/t15-,17-,18+,19+,20-,21-,22-,23+,24-,25-,26-/m0/s1. The summed E-state index contributed by atoms with van der Waals surface area (Å²) >= 11 is 0. The van der Waals surface area contributed by atoms with Crippen LogP contribution in [0.25, 0.3) is 0 Å². The second-order valence-corrected chi connectivity index (χ2v) is 12.2. The summed E-state index contributed by atoms with van der Waals surface area (Å²) in [7, 11) is 0. The number of aliphatic hydroxyl groups is 2. The summed E-state index contributed by atoms with van der Waals surface area (Å²) in [4.78, 5) is 2.70. The molecule has 0 bridgehead atoms. The Labute approximate surface area is 176 Å². The first-order chi connectivity index (χ1) is 14.0. The third-order valence-electron chi connectivity index (χ3n) is 11.0. The topological polar surface area (TPSA) is 43.7 Å². The second-order valence-electron chi connectivity index (χ2n) is 12.2. The van der Waals surface area contributed by atoms with E-state index >= 15 is 0 Å². The molecule has 0 aromatic carbocycles. The molecule has 0 aromatic rings. The van der Waals surface area contributed by atoms with Gasteiger partial charge in [0.15, 0.2) is 0 Å². The molecule has 2 heterocycles. The van der Waals surface area contributed by atoms with Crippen molar-refractivity contribution in [1.82, 2.24) is 4.90 Å². The van der Waals surface area contributed by atoms with Crippen molar-refractivity contribution in [3.8, 4) is 0 Å². The van der Waals surface area contributed by atoms with E-state index in [0.717, 1.165) is 48.3 Å². The van der Waals surface area contributed by atoms with Crippen LogP contribution in [0.5, 0.6) is 0 Å². The molecule has 0 aromatic heterocycles. The highest BCUT2D eigenvalue weighted by atomic mass is 16.3. The molecular formula is C26H41NO2. The van der Waals surface area contributed by atoms with E-state index in [1.54, 1.807) is 5.57 Å². The van der Waals surface area contributed by atoms with Gasteiger partial charge in [-0.05, 0) is 105 Å². The van der Waals surface area contributed by atoms with Crippen molar-refractivity contribution < 1.29 is 10.2 Å². The van der Waals surface area contributed by atoms with Gasteiger partial charge >= 0.3 is 0 Å². The van der Waals surface area contributed by atoms with Gasteiger partial charge in [0.25, 0.3) is 0 Å². The van der Waals surface area contributed by atoms with Crippen LogP contribution in [0.2, 0.25) is 0 Å². The molecule has 162 valence electrons. The maximum absolute atomic E-state index is 11.4. The van der Waals surface area contributed by atoms with Crippen LogP contribution < -0.4 is 0 Å². The minimum Gasteiger partial charge on any atom is -0.393 e. The van der Waals surface area contributed by atoms with Crippen LogP contribution in [0.4, 0.5) is 0 Å². The zero-order valence-corrected chi connectivity index (χ0v) is 18.5. The minimum atomic E-state index is -0.106. The molecule has 2 saturated heterocycles. The normalized spacial score (nSPS) is 57.0. The predicted octanol–water partition coefficient (Wildman–Crippen LogP) is 4.24. The zero-order chi connectivity index (χ0) is 19.9. The Balaban J connectivity index is 1.27. The van der Waals surface area contributed by atoms with Crippen LogP contribution in [0.1, 0.15) is 71.6 Å². The molecule has 0 spiro atoms. The summed E-state index contributed by atoms with van der Waals surface area (Å²) in [5.74, 6) is 5.46. The summed E-state index contributed by atoms with van der Waals surface area (Å²) in [5, 5.41) is 21.6. The maximum Gasteiger partial charge on any atom is 0.0726 e. The van der Waals surface area contributed by atoms with Crippen molar-refractivity contribution in [1.29, 1.82) is 0 Å². The lowest BCUT2D eigenvalue weighted by Crippen LogP contribution is -2.61. The van der Waals surface area contributed by atoms with Crippen molar-refractivity contribution in [2.75, 3.05) is 13.1 Å². The summed E-state index contributed by atoms with van der Waals surface area (Å²) in [6, 6.07) is 0.443. The van der Waals surface area contributed by atoms with Crippen LogP contribution in [0.3, 0.4) is 0 Å². The molecule has 0 amide bonds. The largest absolute Gasteiger partial charge is 0.393 e. The van der Waals surface area contributed by atoms with Crippen molar-refractivity contribution in [2.45, 2.75) is 89.9 Å². The van der Waals surface area contributed by atoms with Gasteiger partial charge in [0.1, 0.15) is 0 Å². The maximum atomic E-state index is 11.4. The Bertz CT molecular complexity index is 688. The second kappa shape index (κ2) is 6.81. The van der Waals surface area contributed by atoms with Crippen LogP contribution in [0.15, 0.2) is 11.6 Å². The smallest absolute Gasteiger partial charge is 0.0726 e. The fourth-order valence-electron chi connectivity index (χ4n) is 9.51. The summed E-state index contributed by atoms with van der Waals surface area (Å²) < 4.78 is 0. The molecule has 6 rings (SSSR count). The van der Waals surface area contributed by atoms with Crippen LogP contribution in [-0.2, 0) is 0 Å². The minimum absolute atomic E-state index is 0.0843. The third-order valence-corrected chi connectivity index (χ3v) is 11.0. The van der Waals surface area contributed by atoms with Crippen molar-refractivity contribution >= 4 is 0 Å². The summed E-state index contributed by atoms with van der Waals surface area (Å²) in [6.07, 6.45) is 13.2. The predicted molar refractivity (Wildman–Crippen MR) is 115 cm³/mol. The van der Waals surface area contributed by atoms with Crippen molar-refractivity contribution in [3.63, 3.8) is 0 Å². The summed E-state index contributed by atoms with van der Waals surface area (Å²) in [5.41, 5.74) is 1.92.